The first-order valence-corrected chi connectivity index (χ1v) is 11.9. The van der Waals surface area contributed by atoms with Crippen LogP contribution in [0.5, 0.6) is 17.2 Å². The van der Waals surface area contributed by atoms with Gasteiger partial charge in [-0.15, -0.1) is 0 Å². The van der Waals surface area contributed by atoms with Crippen LogP contribution in [-0.2, 0) is 4.79 Å². The number of benzene rings is 3. The number of hydrogen-bond donors (Lipinski definition) is 0. The van der Waals surface area contributed by atoms with E-state index in [0.717, 1.165) is 50.0 Å². The zero-order chi connectivity index (χ0) is 23.2. The summed E-state index contributed by atoms with van der Waals surface area (Å²) in [6, 6.07) is 26.3. The van der Waals surface area contributed by atoms with Gasteiger partial charge in [0.05, 0.1) is 0 Å². The molecule has 2 aliphatic heterocycles. The Hall–Kier alpha value is -3.51. The van der Waals surface area contributed by atoms with E-state index in [-0.39, 0.29) is 18.6 Å². The molecule has 6 heteroatoms. The fourth-order valence-corrected chi connectivity index (χ4v) is 4.58. The first-order chi connectivity index (χ1) is 16.8. The molecule has 6 nitrogen and oxygen atoms in total. The van der Waals surface area contributed by atoms with Gasteiger partial charge in [-0.05, 0) is 23.3 Å². The molecule has 0 atom stereocenters. The smallest absolute Gasteiger partial charge is 0.231 e. The average Bonchev–Trinajstić information content (AvgIpc) is 3.37. The first-order valence-electron chi connectivity index (χ1n) is 11.9. The van der Waals surface area contributed by atoms with Crippen molar-refractivity contribution < 1.29 is 19.0 Å². The molecule has 5 rings (SSSR count). The number of amides is 1. The molecule has 0 bridgehead atoms. The maximum Gasteiger partial charge on any atom is 0.231 e. The Morgan fingerprint density at radius 1 is 0.824 bits per heavy atom. The maximum atomic E-state index is 13.2. The molecule has 176 valence electrons. The summed E-state index contributed by atoms with van der Waals surface area (Å²) < 4.78 is 16.6. The molecule has 1 fully saturated rings. The van der Waals surface area contributed by atoms with E-state index in [9.17, 15) is 4.79 Å². The van der Waals surface area contributed by atoms with Gasteiger partial charge in [-0.25, -0.2) is 0 Å². The molecular weight excluding hydrogens is 428 g/mol. The Bertz CT molecular complexity index is 1040. The molecule has 0 aromatic heterocycles. The van der Waals surface area contributed by atoms with Crippen LogP contribution in [0.4, 0.5) is 0 Å². The van der Waals surface area contributed by atoms with Crippen LogP contribution in [0.15, 0.2) is 78.9 Å². The summed E-state index contributed by atoms with van der Waals surface area (Å²) in [5, 5.41) is 0. The fourth-order valence-electron chi connectivity index (χ4n) is 4.58. The van der Waals surface area contributed by atoms with Crippen molar-refractivity contribution in [2.45, 2.75) is 12.3 Å². The highest BCUT2D eigenvalue weighted by atomic mass is 16.7. The second kappa shape index (κ2) is 10.6. The fraction of sp³-hybridized carbons (Fsp3) is 0.321. The van der Waals surface area contributed by atoms with Gasteiger partial charge in [0.2, 0.25) is 12.7 Å². The molecule has 0 radical (unpaired) electrons. The standard InChI is InChI=1S/C28H30N2O4/c31-28(20-25(22-7-3-1-4-8-22)23-9-5-2-6-10-23)30-15-13-29(14-16-30)17-18-32-24-11-12-26-27(19-24)34-21-33-26/h1-12,19,25H,13-18,20-21H2. The molecule has 0 saturated carbocycles. The van der Waals surface area contributed by atoms with E-state index in [1.807, 2.05) is 59.5 Å². The van der Waals surface area contributed by atoms with E-state index < -0.39 is 0 Å². The van der Waals surface area contributed by atoms with E-state index in [1.54, 1.807) is 0 Å². The van der Waals surface area contributed by atoms with E-state index in [2.05, 4.69) is 29.2 Å². The zero-order valence-electron chi connectivity index (χ0n) is 19.3. The Labute approximate surface area is 200 Å². The van der Waals surface area contributed by atoms with Crippen LogP contribution in [0.2, 0.25) is 0 Å². The average molecular weight is 459 g/mol. The van der Waals surface area contributed by atoms with Crippen molar-refractivity contribution in [3.8, 4) is 17.2 Å². The van der Waals surface area contributed by atoms with Crippen LogP contribution >= 0.6 is 0 Å². The van der Waals surface area contributed by atoms with Gasteiger partial charge < -0.3 is 19.1 Å². The second-order valence-corrected chi connectivity index (χ2v) is 8.66. The molecule has 34 heavy (non-hydrogen) atoms. The molecule has 0 spiro atoms. The number of carbonyl (C=O) groups is 1. The summed E-state index contributed by atoms with van der Waals surface area (Å²) in [5.74, 6) is 2.56. The molecular formula is C28H30N2O4. The van der Waals surface area contributed by atoms with Crippen LogP contribution in [0.25, 0.3) is 0 Å². The van der Waals surface area contributed by atoms with Gasteiger partial charge in [0.25, 0.3) is 0 Å². The van der Waals surface area contributed by atoms with Gasteiger partial charge in [0, 0.05) is 51.1 Å². The second-order valence-electron chi connectivity index (χ2n) is 8.66. The lowest BCUT2D eigenvalue weighted by Gasteiger charge is -2.35. The van der Waals surface area contributed by atoms with Gasteiger partial charge >= 0.3 is 0 Å². The monoisotopic (exact) mass is 458 g/mol. The van der Waals surface area contributed by atoms with Crippen LogP contribution in [0.3, 0.4) is 0 Å². The molecule has 3 aromatic rings. The highest BCUT2D eigenvalue weighted by Gasteiger charge is 2.25. The van der Waals surface area contributed by atoms with Crippen LogP contribution in [0, 0.1) is 0 Å². The van der Waals surface area contributed by atoms with E-state index in [0.29, 0.717) is 13.0 Å². The Morgan fingerprint density at radius 3 is 2.15 bits per heavy atom. The summed E-state index contributed by atoms with van der Waals surface area (Å²) >= 11 is 0. The van der Waals surface area contributed by atoms with Crippen molar-refractivity contribution in [3.05, 3.63) is 90.0 Å². The van der Waals surface area contributed by atoms with Crippen molar-refractivity contribution in [3.63, 3.8) is 0 Å². The minimum Gasteiger partial charge on any atom is -0.492 e. The number of piperazine rings is 1. The van der Waals surface area contributed by atoms with Crippen LogP contribution in [-0.4, -0.2) is 61.8 Å². The van der Waals surface area contributed by atoms with Crippen molar-refractivity contribution in [1.82, 2.24) is 9.80 Å². The predicted octanol–water partition coefficient (Wildman–Crippen LogP) is 4.16. The number of hydrogen-bond acceptors (Lipinski definition) is 5. The summed E-state index contributed by atoms with van der Waals surface area (Å²) in [6.45, 7) is 4.90. The molecule has 2 heterocycles. The Kier molecular flexibility index (Phi) is 6.96. The van der Waals surface area contributed by atoms with E-state index in [1.165, 1.54) is 11.1 Å². The first kappa shape index (κ1) is 22.3. The van der Waals surface area contributed by atoms with E-state index in [4.69, 9.17) is 14.2 Å². The molecule has 3 aromatic carbocycles. The SMILES string of the molecule is O=C(CC(c1ccccc1)c1ccccc1)N1CCN(CCOc2ccc3c(c2)OCO3)CC1. The maximum absolute atomic E-state index is 13.2. The Morgan fingerprint density at radius 2 is 1.47 bits per heavy atom. The normalized spacial score (nSPS) is 15.5. The third-order valence-corrected chi connectivity index (χ3v) is 6.53. The van der Waals surface area contributed by atoms with Gasteiger partial charge in [-0.2, -0.15) is 0 Å². The molecule has 0 aliphatic carbocycles. The minimum absolute atomic E-state index is 0.0723. The van der Waals surface area contributed by atoms with Crippen molar-refractivity contribution >= 4 is 5.91 Å². The topological polar surface area (TPSA) is 51.2 Å². The summed E-state index contributed by atoms with van der Waals surface area (Å²) in [6.07, 6.45) is 0.487. The molecule has 1 amide bonds. The van der Waals surface area contributed by atoms with Gasteiger partial charge in [-0.1, -0.05) is 60.7 Å². The predicted molar refractivity (Wildman–Crippen MR) is 130 cm³/mol. The summed E-state index contributed by atoms with van der Waals surface area (Å²) in [7, 11) is 0. The molecule has 0 N–H and O–H groups in total. The summed E-state index contributed by atoms with van der Waals surface area (Å²) in [5.41, 5.74) is 2.36. The van der Waals surface area contributed by atoms with Crippen molar-refractivity contribution in [1.29, 1.82) is 0 Å². The lowest BCUT2D eigenvalue weighted by Crippen LogP contribution is -2.49. The van der Waals surface area contributed by atoms with Gasteiger partial charge in [0.15, 0.2) is 11.5 Å². The van der Waals surface area contributed by atoms with Crippen molar-refractivity contribution in [2.24, 2.45) is 0 Å². The highest BCUT2D eigenvalue weighted by Crippen LogP contribution is 2.35. The third-order valence-electron chi connectivity index (χ3n) is 6.53. The zero-order valence-corrected chi connectivity index (χ0v) is 19.3. The lowest BCUT2D eigenvalue weighted by atomic mass is 9.88. The van der Waals surface area contributed by atoms with Crippen LogP contribution in [0.1, 0.15) is 23.5 Å². The summed E-state index contributed by atoms with van der Waals surface area (Å²) in [4.78, 5) is 17.6. The largest absolute Gasteiger partial charge is 0.492 e. The number of carbonyl (C=O) groups excluding carboxylic acids is 1. The van der Waals surface area contributed by atoms with Gasteiger partial charge in [0.1, 0.15) is 12.4 Å². The van der Waals surface area contributed by atoms with Gasteiger partial charge in [-0.3, -0.25) is 9.69 Å². The molecule has 2 aliphatic rings. The Balaban J connectivity index is 1.11. The quantitative estimate of drug-likeness (QED) is 0.507. The number of nitrogens with zero attached hydrogens (tertiary/aromatic N) is 2. The number of rotatable bonds is 8. The lowest BCUT2D eigenvalue weighted by molar-refractivity contribution is -0.133. The number of fused-ring (bicyclic) bond motifs is 1. The third kappa shape index (κ3) is 5.34. The van der Waals surface area contributed by atoms with E-state index >= 15 is 0 Å². The number of ether oxygens (including phenoxy) is 3. The minimum atomic E-state index is 0.0723. The van der Waals surface area contributed by atoms with Crippen LogP contribution < -0.4 is 14.2 Å². The highest BCUT2D eigenvalue weighted by molar-refractivity contribution is 5.78. The molecule has 1 saturated heterocycles. The van der Waals surface area contributed by atoms with Crippen molar-refractivity contribution in [2.75, 3.05) is 46.1 Å². The molecule has 0 unspecified atom stereocenters.